The molecule has 0 bridgehead atoms. The van der Waals surface area contributed by atoms with Crippen LogP contribution in [0.4, 0.5) is 0 Å². The van der Waals surface area contributed by atoms with E-state index in [0.717, 1.165) is 6.42 Å². The second-order valence-corrected chi connectivity index (χ2v) is 6.61. The Morgan fingerprint density at radius 3 is 2.50 bits per heavy atom. The minimum absolute atomic E-state index is 0.337. The minimum Gasteiger partial charge on any atom is -0.300 e. The van der Waals surface area contributed by atoms with E-state index in [9.17, 15) is 4.79 Å². The molecule has 1 spiro atoms. The average molecular weight is 268 g/mol. The Balaban J connectivity index is 1.92. The predicted molar refractivity (Wildman–Crippen MR) is 83.3 cm³/mol. The normalized spacial score (nSPS) is 24.6. The lowest BCUT2D eigenvalue weighted by molar-refractivity contribution is -0.118. The Labute approximate surface area is 122 Å². The van der Waals surface area contributed by atoms with Crippen molar-refractivity contribution in [3.05, 3.63) is 42.0 Å². The van der Waals surface area contributed by atoms with Gasteiger partial charge in [0.2, 0.25) is 0 Å². The number of hydrogen-bond acceptors (Lipinski definition) is 1. The Morgan fingerprint density at radius 2 is 1.85 bits per heavy atom. The molecule has 1 heteroatoms. The Hall–Kier alpha value is -1.37. The van der Waals surface area contributed by atoms with Crippen molar-refractivity contribution in [3.8, 4) is 0 Å². The lowest BCUT2D eigenvalue weighted by Crippen LogP contribution is -2.31. The van der Waals surface area contributed by atoms with Crippen LogP contribution in [0.5, 0.6) is 0 Å². The molecule has 1 unspecified atom stereocenters. The molecule has 2 aliphatic carbocycles. The van der Waals surface area contributed by atoms with Crippen LogP contribution < -0.4 is 0 Å². The molecule has 1 saturated carbocycles. The summed E-state index contributed by atoms with van der Waals surface area (Å²) in [5.74, 6) is 0.784. The van der Waals surface area contributed by atoms with Crippen LogP contribution in [0.25, 0.3) is 5.57 Å². The largest absolute Gasteiger partial charge is 0.300 e. The lowest BCUT2D eigenvalue weighted by atomic mass is 9.64. The second kappa shape index (κ2) is 5.55. The Bertz CT molecular complexity index is 506. The second-order valence-electron chi connectivity index (χ2n) is 6.61. The molecule has 0 radical (unpaired) electrons. The molecule has 1 atom stereocenters. The molecule has 0 aliphatic heterocycles. The predicted octanol–water partition coefficient (Wildman–Crippen LogP) is 5.02. The number of Topliss-reactive ketones (excluding diaryl/α,β-unsaturated/α-hetero) is 1. The minimum atomic E-state index is 0.337. The molecule has 0 amide bonds. The van der Waals surface area contributed by atoms with Crippen LogP contribution in [0, 0.1) is 11.3 Å². The highest BCUT2D eigenvalue weighted by atomic mass is 16.1. The molecule has 106 valence electrons. The number of hydrogen-bond donors (Lipinski definition) is 0. The summed E-state index contributed by atoms with van der Waals surface area (Å²) in [6.45, 7) is 1.75. The Kier molecular flexibility index (Phi) is 3.78. The van der Waals surface area contributed by atoms with Gasteiger partial charge < -0.3 is 4.79 Å². The van der Waals surface area contributed by atoms with E-state index in [1.54, 1.807) is 6.92 Å². The average Bonchev–Trinajstić information content (AvgIpc) is 2.79. The molecule has 1 aromatic carbocycles. The molecule has 1 aromatic rings. The highest BCUT2D eigenvalue weighted by Crippen LogP contribution is 2.56. The van der Waals surface area contributed by atoms with E-state index in [-0.39, 0.29) is 0 Å². The van der Waals surface area contributed by atoms with E-state index in [0.29, 0.717) is 17.1 Å². The highest BCUT2D eigenvalue weighted by molar-refractivity contribution is 5.81. The number of benzene rings is 1. The van der Waals surface area contributed by atoms with Crippen molar-refractivity contribution in [1.29, 1.82) is 0 Å². The summed E-state index contributed by atoms with van der Waals surface area (Å²) in [4.78, 5) is 11.8. The van der Waals surface area contributed by atoms with Crippen molar-refractivity contribution in [2.75, 3.05) is 0 Å². The number of carbonyl (C=O) groups is 1. The molecule has 0 saturated heterocycles. The van der Waals surface area contributed by atoms with Crippen molar-refractivity contribution in [1.82, 2.24) is 0 Å². The first kappa shape index (κ1) is 13.6. The van der Waals surface area contributed by atoms with Gasteiger partial charge >= 0.3 is 0 Å². The molecule has 3 rings (SSSR count). The van der Waals surface area contributed by atoms with Crippen molar-refractivity contribution in [2.45, 2.75) is 51.9 Å². The molecule has 0 heterocycles. The lowest BCUT2D eigenvalue weighted by Gasteiger charge is -2.40. The van der Waals surface area contributed by atoms with Gasteiger partial charge in [-0.2, -0.15) is 0 Å². The maximum Gasteiger partial charge on any atom is 0.130 e. The summed E-state index contributed by atoms with van der Waals surface area (Å²) in [5, 5.41) is 0. The molecule has 20 heavy (non-hydrogen) atoms. The van der Waals surface area contributed by atoms with E-state index >= 15 is 0 Å². The van der Waals surface area contributed by atoms with Crippen LogP contribution in [0.15, 0.2) is 36.4 Å². The topological polar surface area (TPSA) is 17.1 Å². The van der Waals surface area contributed by atoms with Gasteiger partial charge in [-0.3, -0.25) is 0 Å². The van der Waals surface area contributed by atoms with Crippen LogP contribution in [0.3, 0.4) is 0 Å². The number of ketones is 1. The Morgan fingerprint density at radius 1 is 1.15 bits per heavy atom. The van der Waals surface area contributed by atoms with Crippen molar-refractivity contribution < 1.29 is 4.79 Å². The summed E-state index contributed by atoms with van der Waals surface area (Å²) in [6.07, 6.45) is 11.0. The van der Waals surface area contributed by atoms with Gasteiger partial charge in [-0.1, -0.05) is 55.7 Å². The third-order valence-corrected chi connectivity index (χ3v) is 5.29. The number of rotatable bonds is 3. The maximum atomic E-state index is 11.8. The summed E-state index contributed by atoms with van der Waals surface area (Å²) in [5.41, 5.74) is 3.14. The van der Waals surface area contributed by atoms with Gasteiger partial charge in [-0.25, -0.2) is 0 Å². The van der Waals surface area contributed by atoms with E-state index < -0.39 is 0 Å². The molecular formula is C19H24O. The fourth-order valence-corrected chi connectivity index (χ4v) is 4.30. The first-order chi connectivity index (χ1) is 9.71. The first-order valence-corrected chi connectivity index (χ1v) is 7.96. The molecule has 1 fully saturated rings. The van der Waals surface area contributed by atoms with Crippen molar-refractivity contribution >= 4 is 11.4 Å². The van der Waals surface area contributed by atoms with E-state index in [1.165, 1.54) is 49.7 Å². The smallest absolute Gasteiger partial charge is 0.130 e. The molecular weight excluding hydrogens is 244 g/mol. The van der Waals surface area contributed by atoms with Gasteiger partial charge in [-0.05, 0) is 48.7 Å². The third kappa shape index (κ3) is 2.46. The fourth-order valence-electron chi connectivity index (χ4n) is 4.30. The molecule has 0 N–H and O–H groups in total. The maximum absolute atomic E-state index is 11.8. The van der Waals surface area contributed by atoms with E-state index in [1.807, 2.05) is 0 Å². The third-order valence-electron chi connectivity index (χ3n) is 5.29. The standard InChI is InChI=1S/C19H24O/c1-15(20)14-18-17(16-8-4-2-5-9-16)10-13-19(18)11-6-3-7-12-19/h2,4-5,8-10,18H,3,6-7,11-14H2,1H3. The fraction of sp³-hybridized carbons (Fsp3) is 0.526. The summed E-state index contributed by atoms with van der Waals surface area (Å²) < 4.78 is 0. The summed E-state index contributed by atoms with van der Waals surface area (Å²) >= 11 is 0. The van der Waals surface area contributed by atoms with Crippen molar-refractivity contribution in [3.63, 3.8) is 0 Å². The van der Waals surface area contributed by atoms with Gasteiger partial charge in [0, 0.05) is 6.42 Å². The SMILES string of the molecule is CC(=O)CC1C(c2ccccc2)=CCC12CCCCC2. The molecule has 2 aliphatic rings. The van der Waals surface area contributed by atoms with Gasteiger partial charge in [0.25, 0.3) is 0 Å². The van der Waals surface area contributed by atoms with Gasteiger partial charge in [0.05, 0.1) is 0 Å². The van der Waals surface area contributed by atoms with Crippen molar-refractivity contribution in [2.24, 2.45) is 11.3 Å². The van der Waals surface area contributed by atoms with Gasteiger partial charge in [0.15, 0.2) is 0 Å². The molecule has 0 aromatic heterocycles. The number of allylic oxidation sites excluding steroid dienone is 2. The van der Waals surface area contributed by atoms with Gasteiger partial charge in [0.1, 0.15) is 5.78 Å². The van der Waals surface area contributed by atoms with Crippen LogP contribution >= 0.6 is 0 Å². The zero-order valence-corrected chi connectivity index (χ0v) is 12.4. The van der Waals surface area contributed by atoms with Crippen LogP contribution in [0.1, 0.15) is 57.4 Å². The summed E-state index contributed by atoms with van der Waals surface area (Å²) in [6, 6.07) is 10.7. The number of carbonyl (C=O) groups excluding carboxylic acids is 1. The summed E-state index contributed by atoms with van der Waals surface area (Å²) in [7, 11) is 0. The first-order valence-electron chi connectivity index (χ1n) is 7.96. The van der Waals surface area contributed by atoms with Gasteiger partial charge in [-0.15, -0.1) is 0 Å². The highest BCUT2D eigenvalue weighted by Gasteiger charge is 2.44. The zero-order valence-electron chi connectivity index (χ0n) is 12.4. The zero-order chi connectivity index (χ0) is 14.0. The monoisotopic (exact) mass is 268 g/mol. The van der Waals surface area contributed by atoms with Crippen LogP contribution in [-0.4, -0.2) is 5.78 Å². The molecule has 1 nitrogen and oxygen atoms in total. The quantitative estimate of drug-likeness (QED) is 0.752. The van der Waals surface area contributed by atoms with Crippen LogP contribution in [0.2, 0.25) is 0 Å². The van der Waals surface area contributed by atoms with Crippen LogP contribution in [-0.2, 0) is 4.79 Å². The van der Waals surface area contributed by atoms with E-state index in [2.05, 4.69) is 36.4 Å². The van der Waals surface area contributed by atoms with E-state index in [4.69, 9.17) is 0 Å².